The van der Waals surface area contributed by atoms with Gasteiger partial charge < -0.3 is 10.1 Å². The molecule has 1 rings (SSSR count). The fourth-order valence-corrected chi connectivity index (χ4v) is 1.44. The molecule has 0 amide bonds. The molecule has 0 fully saturated rings. The molecule has 1 heterocycles. The van der Waals surface area contributed by atoms with Crippen LogP contribution in [0, 0.1) is 0 Å². The summed E-state index contributed by atoms with van der Waals surface area (Å²) in [4.78, 5) is 3.95. The molecule has 4 heteroatoms. The van der Waals surface area contributed by atoms with Crippen molar-refractivity contribution in [1.82, 2.24) is 10.3 Å². The Morgan fingerprint density at radius 2 is 2.19 bits per heavy atom. The third kappa shape index (κ3) is 5.93. The molecular formula is C12H19ClN2O. The number of nitrogens with one attached hydrogen (secondary N) is 1. The molecule has 1 aromatic heterocycles. The van der Waals surface area contributed by atoms with E-state index in [-0.39, 0.29) is 0 Å². The van der Waals surface area contributed by atoms with Crippen LogP contribution >= 0.6 is 11.6 Å². The van der Waals surface area contributed by atoms with Gasteiger partial charge in [-0.25, -0.2) is 0 Å². The van der Waals surface area contributed by atoms with Crippen LogP contribution in [-0.4, -0.2) is 24.2 Å². The fraction of sp³-hybridized carbons (Fsp3) is 0.583. The van der Waals surface area contributed by atoms with Crippen LogP contribution in [0.4, 0.5) is 0 Å². The lowest BCUT2D eigenvalue weighted by Gasteiger charge is -2.08. The molecule has 0 unspecified atom stereocenters. The quantitative estimate of drug-likeness (QED) is 0.747. The number of pyridine rings is 1. The van der Waals surface area contributed by atoms with Gasteiger partial charge in [0, 0.05) is 18.3 Å². The highest BCUT2D eigenvalue weighted by atomic mass is 35.5. The van der Waals surface area contributed by atoms with Crippen molar-refractivity contribution in [2.24, 2.45) is 0 Å². The molecule has 0 radical (unpaired) electrons. The lowest BCUT2D eigenvalue weighted by Crippen LogP contribution is -2.23. The first-order valence-corrected chi connectivity index (χ1v) is 6.03. The monoisotopic (exact) mass is 242 g/mol. The molecule has 0 saturated carbocycles. The summed E-state index contributed by atoms with van der Waals surface area (Å²) in [6.45, 7) is 6.04. The van der Waals surface area contributed by atoms with E-state index >= 15 is 0 Å². The van der Waals surface area contributed by atoms with Crippen molar-refractivity contribution in [1.29, 1.82) is 0 Å². The van der Waals surface area contributed by atoms with Gasteiger partial charge in [-0.3, -0.25) is 4.98 Å². The third-order valence-electron chi connectivity index (χ3n) is 2.07. The van der Waals surface area contributed by atoms with E-state index in [1.807, 2.05) is 0 Å². The van der Waals surface area contributed by atoms with Crippen molar-refractivity contribution in [2.75, 3.05) is 13.2 Å². The van der Waals surface area contributed by atoms with Crippen molar-refractivity contribution >= 4 is 11.6 Å². The van der Waals surface area contributed by atoms with Crippen LogP contribution in [0.15, 0.2) is 18.5 Å². The average molecular weight is 243 g/mol. The minimum Gasteiger partial charge on any atom is -0.492 e. The molecule has 0 saturated heterocycles. The van der Waals surface area contributed by atoms with Gasteiger partial charge in [-0.05, 0) is 19.4 Å². The second-order valence-corrected chi connectivity index (χ2v) is 4.44. The second kappa shape index (κ2) is 7.47. The van der Waals surface area contributed by atoms with Crippen LogP contribution in [0.3, 0.4) is 0 Å². The fourth-order valence-electron chi connectivity index (χ4n) is 1.28. The molecule has 3 nitrogen and oxygen atoms in total. The first-order chi connectivity index (χ1) is 7.68. The largest absolute Gasteiger partial charge is 0.492 e. The Bertz CT molecular complexity index is 305. The van der Waals surface area contributed by atoms with Gasteiger partial charge in [0.05, 0.1) is 17.8 Å². The Kier molecular flexibility index (Phi) is 6.19. The maximum Gasteiger partial charge on any atom is 0.139 e. The minimum absolute atomic E-state index is 0.554. The average Bonchev–Trinajstić information content (AvgIpc) is 2.23. The molecule has 0 bridgehead atoms. The summed E-state index contributed by atoms with van der Waals surface area (Å²) < 4.78 is 5.52. The first-order valence-electron chi connectivity index (χ1n) is 5.65. The third-order valence-corrected chi connectivity index (χ3v) is 2.28. The number of rotatable bonds is 7. The van der Waals surface area contributed by atoms with E-state index in [2.05, 4.69) is 24.1 Å². The molecular weight excluding hydrogens is 224 g/mol. The van der Waals surface area contributed by atoms with Gasteiger partial charge in [-0.2, -0.15) is 0 Å². The smallest absolute Gasteiger partial charge is 0.139 e. The van der Waals surface area contributed by atoms with Crippen LogP contribution in [0.1, 0.15) is 26.7 Å². The molecule has 0 aliphatic rings. The Labute approximate surface area is 102 Å². The van der Waals surface area contributed by atoms with Crippen LogP contribution in [0.5, 0.6) is 5.75 Å². The van der Waals surface area contributed by atoms with E-state index in [0.717, 1.165) is 25.1 Å². The number of hydrogen-bond donors (Lipinski definition) is 1. The molecule has 0 aliphatic heterocycles. The Morgan fingerprint density at radius 3 is 2.88 bits per heavy atom. The Hall–Kier alpha value is -0.800. The summed E-state index contributed by atoms with van der Waals surface area (Å²) in [5.74, 6) is 0.740. The summed E-state index contributed by atoms with van der Waals surface area (Å²) in [5.41, 5.74) is 0. The lowest BCUT2D eigenvalue weighted by atomic mass is 10.3. The number of unbranched alkanes of at least 4 members (excludes halogenated alkanes) is 1. The van der Waals surface area contributed by atoms with E-state index in [1.54, 1.807) is 18.5 Å². The summed E-state index contributed by atoms with van der Waals surface area (Å²) in [5, 5.41) is 3.97. The number of hydrogen-bond acceptors (Lipinski definition) is 3. The number of ether oxygens (including phenoxy) is 1. The summed E-state index contributed by atoms with van der Waals surface area (Å²) >= 11 is 5.79. The molecule has 0 atom stereocenters. The van der Waals surface area contributed by atoms with Crippen LogP contribution in [-0.2, 0) is 0 Å². The summed E-state index contributed by atoms with van der Waals surface area (Å²) in [7, 11) is 0. The molecule has 0 aliphatic carbocycles. The van der Waals surface area contributed by atoms with Gasteiger partial charge in [0.15, 0.2) is 0 Å². The molecule has 1 aromatic rings. The van der Waals surface area contributed by atoms with Gasteiger partial charge in [0.2, 0.25) is 0 Å². The van der Waals surface area contributed by atoms with Crippen LogP contribution in [0.2, 0.25) is 5.02 Å². The zero-order valence-corrected chi connectivity index (χ0v) is 10.6. The predicted molar refractivity (Wildman–Crippen MR) is 67.1 cm³/mol. The molecule has 16 heavy (non-hydrogen) atoms. The van der Waals surface area contributed by atoms with E-state index in [1.165, 1.54) is 0 Å². The number of halogens is 1. The Balaban J connectivity index is 2.07. The zero-order chi connectivity index (χ0) is 11.8. The van der Waals surface area contributed by atoms with E-state index in [9.17, 15) is 0 Å². The standard InChI is InChI=1S/C12H19ClN2O/c1-10(2)15-5-3-4-6-16-12-7-11(13)8-14-9-12/h7-10,15H,3-6H2,1-2H3. The Morgan fingerprint density at radius 1 is 1.38 bits per heavy atom. The maximum absolute atomic E-state index is 5.79. The molecule has 0 aromatic carbocycles. The maximum atomic E-state index is 5.79. The lowest BCUT2D eigenvalue weighted by molar-refractivity contribution is 0.304. The van der Waals surface area contributed by atoms with Crippen molar-refractivity contribution in [2.45, 2.75) is 32.7 Å². The van der Waals surface area contributed by atoms with Crippen LogP contribution in [0.25, 0.3) is 0 Å². The summed E-state index contributed by atoms with van der Waals surface area (Å²) in [6.07, 6.45) is 5.43. The van der Waals surface area contributed by atoms with Gasteiger partial charge in [-0.15, -0.1) is 0 Å². The highest BCUT2D eigenvalue weighted by Gasteiger charge is 1.96. The highest BCUT2D eigenvalue weighted by molar-refractivity contribution is 6.30. The predicted octanol–water partition coefficient (Wildman–Crippen LogP) is 2.89. The van der Waals surface area contributed by atoms with Crippen molar-refractivity contribution in [3.05, 3.63) is 23.5 Å². The van der Waals surface area contributed by atoms with E-state index in [4.69, 9.17) is 16.3 Å². The molecule has 1 N–H and O–H groups in total. The molecule has 0 spiro atoms. The number of aromatic nitrogens is 1. The van der Waals surface area contributed by atoms with Gasteiger partial charge in [-0.1, -0.05) is 25.4 Å². The van der Waals surface area contributed by atoms with Gasteiger partial charge in [0.25, 0.3) is 0 Å². The van der Waals surface area contributed by atoms with Crippen molar-refractivity contribution in [3.63, 3.8) is 0 Å². The van der Waals surface area contributed by atoms with Crippen LogP contribution < -0.4 is 10.1 Å². The van der Waals surface area contributed by atoms with Gasteiger partial charge >= 0.3 is 0 Å². The second-order valence-electron chi connectivity index (χ2n) is 4.00. The normalized spacial score (nSPS) is 10.8. The topological polar surface area (TPSA) is 34.1 Å². The number of nitrogens with zero attached hydrogens (tertiary/aromatic N) is 1. The first kappa shape index (κ1) is 13.3. The van der Waals surface area contributed by atoms with Gasteiger partial charge in [0.1, 0.15) is 5.75 Å². The van der Waals surface area contributed by atoms with E-state index in [0.29, 0.717) is 17.7 Å². The minimum atomic E-state index is 0.554. The highest BCUT2D eigenvalue weighted by Crippen LogP contribution is 2.15. The van der Waals surface area contributed by atoms with Crippen molar-refractivity contribution < 1.29 is 4.74 Å². The summed E-state index contributed by atoms with van der Waals surface area (Å²) in [6, 6.07) is 2.33. The molecule has 90 valence electrons. The zero-order valence-electron chi connectivity index (χ0n) is 9.87. The van der Waals surface area contributed by atoms with Crippen molar-refractivity contribution in [3.8, 4) is 5.75 Å². The van der Waals surface area contributed by atoms with E-state index < -0.39 is 0 Å². The SMILES string of the molecule is CC(C)NCCCCOc1cncc(Cl)c1.